The van der Waals surface area contributed by atoms with E-state index in [9.17, 15) is 15.0 Å². The van der Waals surface area contributed by atoms with Crippen LogP contribution in [0, 0.1) is 0 Å². The molecule has 7 rings (SSSR count). The topological polar surface area (TPSA) is 60.8 Å². The third-order valence-corrected chi connectivity index (χ3v) is 10.7. The highest BCUT2D eigenvalue weighted by Crippen LogP contribution is 2.44. The summed E-state index contributed by atoms with van der Waals surface area (Å²) >= 11 is 4.92. The summed E-state index contributed by atoms with van der Waals surface area (Å²) in [5.74, 6) is -0.656. The molecule has 6 aromatic rings. The molecular formula is C34H23NO3S3. The molecule has 200 valence electrons. The number of hydrogen-bond donors (Lipinski definition) is 2. The lowest BCUT2D eigenvalue weighted by molar-refractivity contribution is -0.123. The lowest BCUT2D eigenvalue weighted by atomic mass is 9.90. The van der Waals surface area contributed by atoms with Crippen LogP contribution < -0.4 is 4.90 Å². The van der Waals surface area contributed by atoms with E-state index in [1.807, 2.05) is 24.3 Å². The summed E-state index contributed by atoms with van der Waals surface area (Å²) < 4.78 is 0. The Morgan fingerprint density at radius 1 is 0.512 bits per heavy atom. The van der Waals surface area contributed by atoms with Crippen LogP contribution in [0.25, 0.3) is 35.5 Å². The molecule has 7 heteroatoms. The smallest absolute Gasteiger partial charge is 0.203 e. The minimum absolute atomic E-state index is 0.232. The van der Waals surface area contributed by atoms with Crippen LogP contribution in [0.15, 0.2) is 127 Å². The molecule has 0 amide bonds. The summed E-state index contributed by atoms with van der Waals surface area (Å²) in [6.45, 7) is 0. The lowest BCUT2D eigenvalue weighted by Gasteiger charge is -2.25. The molecule has 41 heavy (non-hydrogen) atoms. The first-order valence-electron chi connectivity index (χ1n) is 13.0. The van der Waals surface area contributed by atoms with Crippen molar-refractivity contribution in [1.82, 2.24) is 0 Å². The van der Waals surface area contributed by atoms with Crippen molar-refractivity contribution in [2.45, 2.75) is 6.10 Å². The number of rotatable bonds is 7. The van der Waals surface area contributed by atoms with Gasteiger partial charge in [0, 0.05) is 46.3 Å². The van der Waals surface area contributed by atoms with Crippen LogP contribution in [0.5, 0.6) is 0 Å². The van der Waals surface area contributed by atoms with E-state index >= 15 is 0 Å². The van der Waals surface area contributed by atoms with Crippen molar-refractivity contribution in [3.05, 3.63) is 132 Å². The van der Waals surface area contributed by atoms with Crippen molar-refractivity contribution in [2.24, 2.45) is 0 Å². The highest BCUT2D eigenvalue weighted by Gasteiger charge is 2.39. The van der Waals surface area contributed by atoms with Gasteiger partial charge in [-0.05, 0) is 78.4 Å². The standard InChI is InChI=1S/C34H23NO3S3/c36-32-31(33(37)34(32)38)30-20-19-29(41-30)28-18-17-27(40-28)26-16-15-25(39-26)21-11-13-24(14-12-21)35(22-7-3-1-4-8-22)23-9-5-2-6-10-23/h1-20,34,36,38H. The molecule has 1 aliphatic carbocycles. The predicted molar refractivity (Wildman–Crippen MR) is 172 cm³/mol. The van der Waals surface area contributed by atoms with E-state index in [-0.39, 0.29) is 11.3 Å². The van der Waals surface area contributed by atoms with E-state index < -0.39 is 11.9 Å². The fourth-order valence-corrected chi connectivity index (χ4v) is 8.17. The van der Waals surface area contributed by atoms with Gasteiger partial charge in [0.25, 0.3) is 0 Å². The number of hydrogen-bond acceptors (Lipinski definition) is 7. The zero-order chi connectivity index (χ0) is 27.9. The fraction of sp³-hybridized carbons (Fsp3) is 0.0294. The molecule has 1 unspecified atom stereocenters. The second-order valence-corrected chi connectivity index (χ2v) is 12.8. The van der Waals surface area contributed by atoms with Gasteiger partial charge in [-0.3, -0.25) is 4.79 Å². The Morgan fingerprint density at radius 2 is 0.927 bits per heavy atom. The number of anilines is 3. The Labute approximate surface area is 249 Å². The molecule has 3 heterocycles. The average Bonchev–Trinajstić information content (AvgIpc) is 3.80. The van der Waals surface area contributed by atoms with Gasteiger partial charge >= 0.3 is 0 Å². The predicted octanol–water partition coefficient (Wildman–Crippen LogP) is 9.55. The Balaban J connectivity index is 1.12. The highest BCUT2D eigenvalue weighted by atomic mass is 32.1. The summed E-state index contributed by atoms with van der Waals surface area (Å²) in [5, 5.41) is 19.4. The van der Waals surface area contributed by atoms with Crippen molar-refractivity contribution in [3.63, 3.8) is 0 Å². The molecule has 0 aliphatic heterocycles. The number of carbonyl (C=O) groups excluding carboxylic acids is 1. The van der Waals surface area contributed by atoms with Crippen molar-refractivity contribution < 1.29 is 15.0 Å². The van der Waals surface area contributed by atoms with Gasteiger partial charge in [0.1, 0.15) is 5.76 Å². The molecule has 1 atom stereocenters. The van der Waals surface area contributed by atoms with Gasteiger partial charge in [-0.15, -0.1) is 34.0 Å². The van der Waals surface area contributed by atoms with Crippen molar-refractivity contribution in [1.29, 1.82) is 0 Å². The molecule has 3 aromatic carbocycles. The quantitative estimate of drug-likeness (QED) is 0.195. The Hall–Kier alpha value is -4.27. The largest absolute Gasteiger partial charge is 0.508 e. The van der Waals surface area contributed by atoms with Gasteiger partial charge in [0.2, 0.25) is 5.78 Å². The van der Waals surface area contributed by atoms with Crippen LogP contribution >= 0.6 is 34.0 Å². The number of aliphatic hydroxyl groups is 2. The molecule has 0 spiro atoms. The first-order valence-corrected chi connectivity index (χ1v) is 15.5. The molecule has 3 aromatic heterocycles. The van der Waals surface area contributed by atoms with E-state index in [2.05, 4.69) is 102 Å². The third-order valence-electron chi connectivity index (χ3n) is 7.00. The maximum Gasteiger partial charge on any atom is 0.203 e. The number of para-hydroxylation sites is 2. The van der Waals surface area contributed by atoms with Crippen LogP contribution in [0.2, 0.25) is 0 Å². The molecule has 4 nitrogen and oxygen atoms in total. The number of carbonyl (C=O) groups is 1. The number of benzene rings is 3. The van der Waals surface area contributed by atoms with Gasteiger partial charge in [-0.2, -0.15) is 0 Å². The summed E-state index contributed by atoms with van der Waals surface area (Å²) in [6, 6.07) is 41.9. The molecule has 0 fully saturated rings. The highest BCUT2D eigenvalue weighted by molar-refractivity contribution is 7.27. The molecule has 0 saturated heterocycles. The van der Waals surface area contributed by atoms with Crippen LogP contribution in [-0.4, -0.2) is 22.1 Å². The van der Waals surface area contributed by atoms with Gasteiger partial charge < -0.3 is 15.1 Å². The number of nitrogens with zero attached hydrogens (tertiary/aromatic N) is 1. The van der Waals surface area contributed by atoms with Gasteiger partial charge in [0.05, 0.1) is 5.57 Å². The van der Waals surface area contributed by atoms with Crippen LogP contribution in [0.3, 0.4) is 0 Å². The molecule has 0 bridgehead atoms. The Morgan fingerprint density at radius 3 is 1.44 bits per heavy atom. The number of aliphatic hydroxyl groups excluding tert-OH is 2. The fourth-order valence-electron chi connectivity index (χ4n) is 4.90. The van der Waals surface area contributed by atoms with E-state index in [4.69, 9.17) is 0 Å². The second-order valence-electron chi connectivity index (χ2n) is 9.57. The minimum Gasteiger partial charge on any atom is -0.508 e. The number of ketones is 1. The summed E-state index contributed by atoms with van der Waals surface area (Å²) in [5.41, 5.74) is 4.73. The van der Waals surface area contributed by atoms with E-state index in [1.165, 1.54) is 31.5 Å². The van der Waals surface area contributed by atoms with Gasteiger partial charge in [0.15, 0.2) is 6.10 Å². The number of thiophene rings is 3. The van der Waals surface area contributed by atoms with Crippen molar-refractivity contribution in [2.75, 3.05) is 4.90 Å². The van der Waals surface area contributed by atoms with Crippen molar-refractivity contribution in [3.8, 4) is 29.9 Å². The molecule has 0 radical (unpaired) electrons. The first-order chi connectivity index (χ1) is 20.1. The monoisotopic (exact) mass is 589 g/mol. The van der Waals surface area contributed by atoms with E-state index in [1.54, 1.807) is 22.7 Å². The van der Waals surface area contributed by atoms with Gasteiger partial charge in [-0.1, -0.05) is 48.5 Å². The lowest BCUT2D eigenvalue weighted by Crippen LogP contribution is -2.34. The number of Topliss-reactive ketones (excluding diaryl/α,β-unsaturated/α-hetero) is 1. The maximum absolute atomic E-state index is 11.9. The first kappa shape index (κ1) is 25.7. The normalized spacial score (nSPS) is 14.8. The summed E-state index contributed by atoms with van der Waals surface area (Å²) in [6.07, 6.45) is -1.38. The van der Waals surface area contributed by atoms with Crippen LogP contribution in [0.4, 0.5) is 17.1 Å². The molecule has 1 aliphatic rings. The van der Waals surface area contributed by atoms with Crippen LogP contribution in [-0.2, 0) is 4.79 Å². The molecule has 0 saturated carbocycles. The molecule has 2 N–H and O–H groups in total. The van der Waals surface area contributed by atoms with Gasteiger partial charge in [-0.25, -0.2) is 0 Å². The zero-order valence-corrected chi connectivity index (χ0v) is 24.0. The van der Waals surface area contributed by atoms with Crippen LogP contribution in [0.1, 0.15) is 4.88 Å². The molecular weight excluding hydrogens is 567 g/mol. The van der Waals surface area contributed by atoms with E-state index in [0.717, 1.165) is 26.8 Å². The van der Waals surface area contributed by atoms with Crippen molar-refractivity contribution >= 4 is 62.4 Å². The summed E-state index contributed by atoms with van der Waals surface area (Å²) in [4.78, 5) is 20.6. The third kappa shape index (κ3) is 4.73. The average molecular weight is 590 g/mol. The minimum atomic E-state index is -1.38. The zero-order valence-electron chi connectivity index (χ0n) is 21.6. The van der Waals surface area contributed by atoms with E-state index in [0.29, 0.717) is 4.88 Å². The maximum atomic E-state index is 11.9. The second kappa shape index (κ2) is 10.6. The SMILES string of the molecule is O=C1C(c2ccc(-c3ccc(-c4ccc(-c5ccc(N(c6ccccc6)c6ccccc6)cc5)s4)s3)s2)=C(O)C1O. The Kier molecular flexibility index (Phi) is 6.65. The Bertz CT molecular complexity index is 1840. The summed E-state index contributed by atoms with van der Waals surface area (Å²) in [7, 11) is 0.